The second-order valence-corrected chi connectivity index (χ2v) is 7.99. The number of carbonyl (C=O) groups excluding carboxylic acids is 1. The summed E-state index contributed by atoms with van der Waals surface area (Å²) in [6, 6.07) is 0.275. The zero-order valence-corrected chi connectivity index (χ0v) is 16.5. The molecule has 1 amide bonds. The molecule has 154 valence electrons. The lowest BCUT2D eigenvalue weighted by atomic mass is 10.1. The molecule has 9 heteroatoms. The predicted molar refractivity (Wildman–Crippen MR) is 101 cm³/mol. The molecule has 0 spiro atoms. The van der Waals surface area contributed by atoms with E-state index in [1.54, 1.807) is 11.9 Å². The number of nitrogens with zero attached hydrogens (tertiary/aromatic N) is 5. The fourth-order valence-electron chi connectivity index (χ4n) is 4.15. The number of cyclic esters (lactones) is 1. The van der Waals surface area contributed by atoms with Crippen LogP contribution in [0.3, 0.4) is 0 Å². The first kappa shape index (κ1) is 20.3. The van der Waals surface area contributed by atoms with Gasteiger partial charge >= 0.3 is 12.1 Å². The molecule has 3 fully saturated rings. The number of aliphatic carboxylic acids is 1. The molecule has 3 rings (SSSR count). The van der Waals surface area contributed by atoms with Gasteiger partial charge in [0.05, 0.1) is 13.0 Å². The molecule has 3 aliphatic heterocycles. The van der Waals surface area contributed by atoms with Gasteiger partial charge in [0.2, 0.25) is 0 Å². The molecule has 1 N–H and O–H groups in total. The van der Waals surface area contributed by atoms with E-state index in [1.165, 1.54) is 0 Å². The number of hydrogen-bond acceptors (Lipinski definition) is 7. The fraction of sp³-hybridized carbons (Fsp3) is 0.889. The molecule has 9 nitrogen and oxygen atoms in total. The smallest absolute Gasteiger partial charge is 0.411 e. The molecule has 3 saturated heterocycles. The summed E-state index contributed by atoms with van der Waals surface area (Å²) in [5.74, 6) is -0.752. The SMILES string of the molecule is CN1CCN(CCC2CN(CCC(=O)O)CCN2C2CN(C)C(=O)O2)CC1. The Morgan fingerprint density at radius 1 is 1.04 bits per heavy atom. The minimum atomic E-state index is -0.752. The van der Waals surface area contributed by atoms with Crippen molar-refractivity contribution in [3.05, 3.63) is 0 Å². The lowest BCUT2D eigenvalue weighted by Crippen LogP contribution is -2.58. The van der Waals surface area contributed by atoms with Crippen molar-refractivity contribution in [2.75, 3.05) is 79.5 Å². The summed E-state index contributed by atoms with van der Waals surface area (Å²) in [6.07, 6.45) is 0.727. The van der Waals surface area contributed by atoms with Crippen LogP contribution in [0.15, 0.2) is 0 Å². The van der Waals surface area contributed by atoms with E-state index >= 15 is 0 Å². The zero-order chi connectivity index (χ0) is 19.4. The average molecular weight is 383 g/mol. The van der Waals surface area contributed by atoms with Gasteiger partial charge in [-0.1, -0.05) is 0 Å². The molecule has 3 aliphatic rings. The summed E-state index contributed by atoms with van der Waals surface area (Å²) in [5.41, 5.74) is 0. The highest BCUT2D eigenvalue weighted by Gasteiger charge is 2.39. The van der Waals surface area contributed by atoms with Gasteiger partial charge in [-0.05, 0) is 20.0 Å². The van der Waals surface area contributed by atoms with Crippen molar-refractivity contribution in [2.45, 2.75) is 25.1 Å². The first-order chi connectivity index (χ1) is 12.9. The van der Waals surface area contributed by atoms with E-state index in [0.29, 0.717) is 13.1 Å². The van der Waals surface area contributed by atoms with Gasteiger partial charge in [0.1, 0.15) is 0 Å². The molecule has 0 aromatic heterocycles. The molecular formula is C18H33N5O4. The van der Waals surface area contributed by atoms with Crippen LogP contribution >= 0.6 is 0 Å². The Balaban J connectivity index is 1.57. The molecule has 0 bridgehead atoms. The predicted octanol–water partition coefficient (Wildman–Crippen LogP) is -0.507. The quantitative estimate of drug-likeness (QED) is 0.630. The molecule has 3 heterocycles. The molecule has 27 heavy (non-hydrogen) atoms. The molecule has 0 aliphatic carbocycles. The van der Waals surface area contributed by atoms with Gasteiger partial charge in [0.15, 0.2) is 6.23 Å². The van der Waals surface area contributed by atoms with Crippen LogP contribution in [0.1, 0.15) is 12.8 Å². The maximum absolute atomic E-state index is 11.8. The number of ether oxygens (including phenoxy) is 1. The minimum Gasteiger partial charge on any atom is -0.481 e. The van der Waals surface area contributed by atoms with Crippen LogP contribution in [0.25, 0.3) is 0 Å². The van der Waals surface area contributed by atoms with Crippen LogP contribution in [0.4, 0.5) is 4.79 Å². The second-order valence-electron chi connectivity index (χ2n) is 7.99. The number of carboxylic acids is 1. The first-order valence-electron chi connectivity index (χ1n) is 9.95. The van der Waals surface area contributed by atoms with E-state index in [-0.39, 0.29) is 24.8 Å². The van der Waals surface area contributed by atoms with Crippen molar-refractivity contribution in [2.24, 2.45) is 0 Å². The zero-order valence-electron chi connectivity index (χ0n) is 16.5. The third kappa shape index (κ3) is 5.54. The molecule has 0 aromatic carbocycles. The largest absolute Gasteiger partial charge is 0.481 e. The molecular weight excluding hydrogens is 350 g/mol. The van der Waals surface area contributed by atoms with E-state index in [1.807, 2.05) is 0 Å². The number of hydrogen-bond donors (Lipinski definition) is 1. The average Bonchev–Trinajstić information content (AvgIpc) is 2.98. The van der Waals surface area contributed by atoms with Crippen LogP contribution in [0.5, 0.6) is 0 Å². The number of carbonyl (C=O) groups is 2. The molecule has 0 saturated carbocycles. The van der Waals surface area contributed by atoms with Crippen LogP contribution in [-0.4, -0.2) is 133 Å². The Morgan fingerprint density at radius 2 is 1.74 bits per heavy atom. The highest BCUT2D eigenvalue weighted by atomic mass is 16.6. The van der Waals surface area contributed by atoms with Gasteiger partial charge < -0.3 is 24.5 Å². The van der Waals surface area contributed by atoms with Gasteiger partial charge in [-0.25, -0.2) is 4.79 Å². The Morgan fingerprint density at radius 3 is 2.37 bits per heavy atom. The standard InChI is InChI=1S/C18H33N5O4/c1-19-7-9-21(10-8-19)5-3-15-13-22(6-4-17(24)25)11-12-23(15)16-14-20(2)18(26)27-16/h15-16H,3-14H2,1-2H3,(H,24,25). The molecule has 2 atom stereocenters. The summed E-state index contributed by atoms with van der Waals surface area (Å²) < 4.78 is 5.56. The lowest BCUT2D eigenvalue weighted by molar-refractivity contribution is -0.137. The van der Waals surface area contributed by atoms with Gasteiger partial charge in [-0.3, -0.25) is 14.6 Å². The van der Waals surface area contributed by atoms with Crippen molar-refractivity contribution in [1.29, 1.82) is 0 Å². The lowest BCUT2D eigenvalue weighted by Gasteiger charge is -2.44. The van der Waals surface area contributed by atoms with Gasteiger partial charge in [0, 0.05) is 65.4 Å². The summed E-state index contributed by atoms with van der Waals surface area (Å²) in [6.45, 7) is 9.04. The maximum atomic E-state index is 11.8. The number of piperazine rings is 2. The number of rotatable bonds is 7. The minimum absolute atomic E-state index is 0.173. The van der Waals surface area contributed by atoms with E-state index in [4.69, 9.17) is 9.84 Å². The fourth-order valence-corrected chi connectivity index (χ4v) is 4.15. The van der Waals surface area contributed by atoms with Crippen molar-refractivity contribution >= 4 is 12.1 Å². The first-order valence-corrected chi connectivity index (χ1v) is 9.95. The summed E-state index contributed by atoms with van der Waals surface area (Å²) in [5, 5.41) is 8.98. The van der Waals surface area contributed by atoms with Crippen molar-refractivity contribution < 1.29 is 19.4 Å². The Kier molecular flexibility index (Phi) is 6.91. The van der Waals surface area contributed by atoms with Gasteiger partial charge in [0.25, 0.3) is 0 Å². The number of amides is 1. The second kappa shape index (κ2) is 9.18. The van der Waals surface area contributed by atoms with E-state index in [0.717, 1.165) is 58.8 Å². The highest BCUT2D eigenvalue weighted by Crippen LogP contribution is 2.22. The third-order valence-corrected chi connectivity index (χ3v) is 5.98. The Labute approximate surface area is 161 Å². The number of carboxylic acid groups (broad SMARTS) is 1. The van der Waals surface area contributed by atoms with Crippen LogP contribution in [0.2, 0.25) is 0 Å². The maximum Gasteiger partial charge on any atom is 0.411 e. The normalized spacial score (nSPS) is 29.3. The Hall–Kier alpha value is -1.42. The van der Waals surface area contributed by atoms with E-state index < -0.39 is 5.97 Å². The van der Waals surface area contributed by atoms with Crippen LogP contribution in [0, 0.1) is 0 Å². The van der Waals surface area contributed by atoms with Crippen LogP contribution in [-0.2, 0) is 9.53 Å². The van der Waals surface area contributed by atoms with E-state index in [9.17, 15) is 9.59 Å². The van der Waals surface area contributed by atoms with Crippen molar-refractivity contribution in [3.63, 3.8) is 0 Å². The molecule has 2 unspecified atom stereocenters. The van der Waals surface area contributed by atoms with E-state index in [2.05, 4.69) is 26.6 Å². The summed E-state index contributed by atoms with van der Waals surface area (Å²) >= 11 is 0. The monoisotopic (exact) mass is 383 g/mol. The van der Waals surface area contributed by atoms with Crippen molar-refractivity contribution in [3.8, 4) is 0 Å². The van der Waals surface area contributed by atoms with Gasteiger partial charge in [-0.15, -0.1) is 0 Å². The molecule has 0 radical (unpaired) electrons. The van der Waals surface area contributed by atoms with Crippen molar-refractivity contribution in [1.82, 2.24) is 24.5 Å². The topological polar surface area (TPSA) is 79.8 Å². The molecule has 0 aromatic rings. The number of likely N-dealkylation sites (N-methyl/N-ethyl adjacent to an activating group) is 2. The third-order valence-electron chi connectivity index (χ3n) is 5.98. The Bertz CT molecular complexity index is 526. The van der Waals surface area contributed by atoms with Gasteiger partial charge in [-0.2, -0.15) is 0 Å². The highest BCUT2D eigenvalue weighted by molar-refractivity contribution is 5.69. The summed E-state index contributed by atoms with van der Waals surface area (Å²) in [4.78, 5) is 33.7. The summed E-state index contributed by atoms with van der Waals surface area (Å²) in [7, 11) is 3.93. The van der Waals surface area contributed by atoms with Crippen LogP contribution < -0.4 is 0 Å².